The van der Waals surface area contributed by atoms with Crippen molar-refractivity contribution in [2.75, 3.05) is 38.6 Å². The van der Waals surface area contributed by atoms with Gasteiger partial charge in [-0.3, -0.25) is 14.4 Å². The lowest BCUT2D eigenvalue weighted by Crippen LogP contribution is -2.47. The van der Waals surface area contributed by atoms with Crippen LogP contribution in [-0.2, 0) is 9.59 Å². The number of nitrogens with one attached hydrogen (secondary N) is 1. The van der Waals surface area contributed by atoms with E-state index >= 15 is 0 Å². The Kier molecular flexibility index (Phi) is 7.63. The third-order valence-electron chi connectivity index (χ3n) is 6.84. The molecule has 0 atom stereocenters. The van der Waals surface area contributed by atoms with Crippen molar-refractivity contribution in [2.24, 2.45) is 11.8 Å². The van der Waals surface area contributed by atoms with Crippen LogP contribution in [0.2, 0.25) is 0 Å². The predicted octanol–water partition coefficient (Wildman–Crippen LogP) is 3.70. The molecular formula is C26H29F2N3O4. The van der Waals surface area contributed by atoms with Gasteiger partial charge in [-0.05, 0) is 49.9 Å². The second-order valence-electron chi connectivity index (χ2n) is 8.98. The Morgan fingerprint density at radius 3 is 2.17 bits per heavy atom. The van der Waals surface area contributed by atoms with Crippen LogP contribution in [0.3, 0.4) is 0 Å². The minimum absolute atomic E-state index is 0.0358. The number of amides is 3. The highest BCUT2D eigenvalue weighted by Gasteiger charge is 2.34. The van der Waals surface area contributed by atoms with Gasteiger partial charge in [0.1, 0.15) is 17.4 Å². The first-order valence-corrected chi connectivity index (χ1v) is 11.8. The van der Waals surface area contributed by atoms with Crippen molar-refractivity contribution in [2.45, 2.75) is 25.7 Å². The number of hydrogen-bond acceptors (Lipinski definition) is 4. The van der Waals surface area contributed by atoms with Crippen LogP contribution in [0, 0.1) is 23.5 Å². The van der Waals surface area contributed by atoms with E-state index in [0.717, 1.165) is 12.1 Å². The summed E-state index contributed by atoms with van der Waals surface area (Å²) in [5.41, 5.74) is 0.463. The van der Waals surface area contributed by atoms with E-state index in [1.807, 2.05) is 12.1 Å². The van der Waals surface area contributed by atoms with Crippen molar-refractivity contribution in [1.29, 1.82) is 0 Å². The maximum Gasteiger partial charge on any atom is 0.256 e. The van der Waals surface area contributed by atoms with E-state index in [9.17, 15) is 23.2 Å². The Morgan fingerprint density at radius 2 is 1.51 bits per heavy atom. The summed E-state index contributed by atoms with van der Waals surface area (Å²) in [6.07, 6.45) is 2.13. The number of para-hydroxylation sites is 2. The molecule has 1 N–H and O–H groups in total. The fraction of sp³-hybridized carbons (Fsp3) is 0.423. The number of piperidine rings is 2. The van der Waals surface area contributed by atoms with Gasteiger partial charge in [-0.1, -0.05) is 12.1 Å². The third kappa shape index (κ3) is 5.61. The molecule has 2 saturated heterocycles. The standard InChI is InChI=1S/C26H29F2N3O4/c1-35-23-5-3-2-4-22(23)29-24(32)17-8-12-30(13-9-17)25(33)18-10-14-31(15-11-18)26(34)20-7-6-19(27)16-21(20)28/h2-7,16-18H,8-15H2,1H3,(H,29,32). The van der Waals surface area contributed by atoms with E-state index in [4.69, 9.17) is 4.74 Å². The predicted molar refractivity (Wildman–Crippen MR) is 126 cm³/mol. The number of nitrogens with zero attached hydrogens (tertiary/aromatic N) is 2. The monoisotopic (exact) mass is 485 g/mol. The van der Waals surface area contributed by atoms with Crippen LogP contribution < -0.4 is 10.1 Å². The van der Waals surface area contributed by atoms with Crippen molar-refractivity contribution < 1.29 is 27.9 Å². The van der Waals surface area contributed by atoms with E-state index in [-0.39, 0.29) is 29.2 Å². The van der Waals surface area contributed by atoms with Gasteiger partial charge >= 0.3 is 0 Å². The summed E-state index contributed by atoms with van der Waals surface area (Å²) in [7, 11) is 1.55. The van der Waals surface area contributed by atoms with Crippen LogP contribution in [0.4, 0.5) is 14.5 Å². The lowest BCUT2D eigenvalue weighted by Gasteiger charge is -2.37. The van der Waals surface area contributed by atoms with Gasteiger partial charge in [-0.25, -0.2) is 8.78 Å². The first-order valence-electron chi connectivity index (χ1n) is 11.8. The third-order valence-corrected chi connectivity index (χ3v) is 6.84. The summed E-state index contributed by atoms with van der Waals surface area (Å²) in [6, 6.07) is 10.1. The Balaban J connectivity index is 1.25. The molecule has 0 spiro atoms. The molecule has 2 heterocycles. The zero-order valence-electron chi connectivity index (χ0n) is 19.6. The first-order chi connectivity index (χ1) is 16.9. The quantitative estimate of drug-likeness (QED) is 0.701. The number of benzene rings is 2. The smallest absolute Gasteiger partial charge is 0.256 e. The highest BCUT2D eigenvalue weighted by molar-refractivity contribution is 5.95. The molecular weight excluding hydrogens is 456 g/mol. The van der Waals surface area contributed by atoms with Crippen molar-refractivity contribution in [3.05, 3.63) is 59.7 Å². The summed E-state index contributed by atoms with van der Waals surface area (Å²) in [5, 5.41) is 2.92. The number of hydrogen-bond donors (Lipinski definition) is 1. The number of rotatable bonds is 5. The number of carbonyl (C=O) groups excluding carboxylic acids is 3. The van der Waals surface area contributed by atoms with Gasteiger partial charge in [0.15, 0.2) is 0 Å². The average molecular weight is 486 g/mol. The van der Waals surface area contributed by atoms with Crippen molar-refractivity contribution in [3.8, 4) is 5.75 Å². The lowest BCUT2D eigenvalue weighted by atomic mass is 9.91. The maximum atomic E-state index is 14.0. The molecule has 2 aliphatic rings. The first kappa shape index (κ1) is 24.6. The molecule has 4 rings (SSSR count). The van der Waals surface area contributed by atoms with Crippen molar-refractivity contribution >= 4 is 23.4 Å². The summed E-state index contributed by atoms with van der Waals surface area (Å²) in [6.45, 7) is 1.68. The highest BCUT2D eigenvalue weighted by atomic mass is 19.1. The normalized spacial score (nSPS) is 17.2. The number of carbonyl (C=O) groups is 3. The molecule has 2 aromatic rings. The highest BCUT2D eigenvalue weighted by Crippen LogP contribution is 2.28. The fourth-order valence-electron chi connectivity index (χ4n) is 4.77. The summed E-state index contributed by atoms with van der Waals surface area (Å²) in [4.78, 5) is 41.7. The van der Waals surface area contributed by atoms with E-state index in [1.165, 1.54) is 4.90 Å². The van der Waals surface area contributed by atoms with Gasteiger partial charge < -0.3 is 19.9 Å². The summed E-state index contributed by atoms with van der Waals surface area (Å²) >= 11 is 0. The molecule has 2 aliphatic heterocycles. The summed E-state index contributed by atoms with van der Waals surface area (Å²) in [5.74, 6) is -1.95. The van der Waals surface area contributed by atoms with E-state index in [1.54, 1.807) is 24.1 Å². The van der Waals surface area contributed by atoms with Crippen LogP contribution in [0.1, 0.15) is 36.0 Å². The molecule has 35 heavy (non-hydrogen) atoms. The average Bonchev–Trinajstić information content (AvgIpc) is 2.88. The minimum atomic E-state index is -0.884. The Morgan fingerprint density at radius 1 is 0.886 bits per heavy atom. The van der Waals surface area contributed by atoms with Gasteiger partial charge in [0.25, 0.3) is 5.91 Å². The zero-order chi connectivity index (χ0) is 24.9. The maximum absolute atomic E-state index is 14.0. The molecule has 0 unspecified atom stereocenters. The van der Waals surface area contributed by atoms with Crippen LogP contribution in [-0.4, -0.2) is 60.8 Å². The molecule has 0 aliphatic carbocycles. The van der Waals surface area contributed by atoms with Gasteiger partial charge in [0.2, 0.25) is 11.8 Å². The van der Waals surface area contributed by atoms with E-state index < -0.39 is 17.5 Å². The number of anilines is 1. The summed E-state index contributed by atoms with van der Waals surface area (Å²) < 4.78 is 32.4. The number of methoxy groups -OCH3 is 1. The Bertz CT molecular complexity index is 1090. The Labute approximate surface area is 203 Å². The lowest BCUT2D eigenvalue weighted by molar-refractivity contribution is -0.139. The largest absolute Gasteiger partial charge is 0.495 e. The molecule has 7 nitrogen and oxygen atoms in total. The minimum Gasteiger partial charge on any atom is -0.495 e. The van der Waals surface area contributed by atoms with Crippen LogP contribution >= 0.6 is 0 Å². The SMILES string of the molecule is COc1ccccc1NC(=O)C1CCN(C(=O)C2CCN(C(=O)c3ccc(F)cc3F)CC2)CC1. The number of halogens is 2. The second kappa shape index (κ2) is 10.8. The molecule has 0 saturated carbocycles. The van der Waals surface area contributed by atoms with Gasteiger partial charge in [0.05, 0.1) is 18.4 Å². The van der Waals surface area contributed by atoms with Crippen LogP contribution in [0.5, 0.6) is 5.75 Å². The van der Waals surface area contributed by atoms with E-state index in [0.29, 0.717) is 69.4 Å². The molecule has 2 fully saturated rings. The van der Waals surface area contributed by atoms with Crippen LogP contribution in [0.25, 0.3) is 0 Å². The molecule has 0 aromatic heterocycles. The second-order valence-corrected chi connectivity index (χ2v) is 8.98. The Hall–Kier alpha value is -3.49. The van der Waals surface area contributed by atoms with E-state index in [2.05, 4.69) is 5.32 Å². The number of likely N-dealkylation sites (tertiary alicyclic amines) is 2. The van der Waals surface area contributed by atoms with Crippen LogP contribution in [0.15, 0.2) is 42.5 Å². The molecule has 0 radical (unpaired) electrons. The molecule has 3 amide bonds. The molecule has 186 valence electrons. The van der Waals surface area contributed by atoms with Gasteiger partial charge in [-0.2, -0.15) is 0 Å². The topological polar surface area (TPSA) is 79.0 Å². The van der Waals surface area contributed by atoms with Gasteiger partial charge in [-0.15, -0.1) is 0 Å². The molecule has 2 aromatic carbocycles. The zero-order valence-corrected chi connectivity index (χ0v) is 19.6. The van der Waals surface area contributed by atoms with Crippen molar-refractivity contribution in [3.63, 3.8) is 0 Å². The molecule has 0 bridgehead atoms. The van der Waals surface area contributed by atoms with Gasteiger partial charge in [0, 0.05) is 44.1 Å². The van der Waals surface area contributed by atoms with Crippen molar-refractivity contribution in [1.82, 2.24) is 9.80 Å². The number of ether oxygens (including phenoxy) is 1. The fourth-order valence-corrected chi connectivity index (χ4v) is 4.77. The molecule has 9 heteroatoms.